The van der Waals surface area contributed by atoms with Gasteiger partial charge in [0.1, 0.15) is 5.60 Å². The van der Waals surface area contributed by atoms with Crippen LogP contribution in [0.4, 0.5) is 0 Å². The molecule has 2 aliphatic rings. The summed E-state index contributed by atoms with van der Waals surface area (Å²) < 4.78 is 11.0. The fraction of sp³-hybridized carbons (Fsp3) is 0.923. The number of esters is 1. The van der Waals surface area contributed by atoms with Gasteiger partial charge in [0.2, 0.25) is 0 Å². The number of rotatable bonds is 2. The summed E-state index contributed by atoms with van der Waals surface area (Å²) in [4.78, 5) is 14.3. The van der Waals surface area contributed by atoms with Crippen molar-refractivity contribution in [2.75, 3.05) is 20.2 Å². The van der Waals surface area contributed by atoms with Crippen LogP contribution in [0.15, 0.2) is 0 Å². The van der Waals surface area contributed by atoms with Gasteiger partial charge in [-0.1, -0.05) is 6.92 Å². The molecule has 4 nitrogen and oxygen atoms in total. The summed E-state index contributed by atoms with van der Waals surface area (Å²) in [6, 6.07) is 0.447. The number of likely N-dealkylation sites (tertiary alicyclic amines) is 1. The Labute approximate surface area is 103 Å². The molecule has 2 rings (SSSR count). The molecule has 1 spiro atoms. The highest BCUT2D eigenvalue weighted by Crippen LogP contribution is 2.58. The van der Waals surface area contributed by atoms with E-state index in [0.717, 1.165) is 13.0 Å². The molecule has 2 heterocycles. The molecule has 0 aromatic heterocycles. The van der Waals surface area contributed by atoms with Crippen LogP contribution in [0.5, 0.6) is 0 Å². The predicted molar refractivity (Wildman–Crippen MR) is 64.7 cm³/mol. The van der Waals surface area contributed by atoms with Gasteiger partial charge in [-0.25, -0.2) is 4.79 Å². The predicted octanol–water partition coefficient (Wildman–Crippen LogP) is 1.44. The van der Waals surface area contributed by atoms with Crippen LogP contribution < -0.4 is 0 Å². The van der Waals surface area contributed by atoms with Crippen molar-refractivity contribution in [3.8, 4) is 0 Å². The van der Waals surface area contributed by atoms with Crippen LogP contribution >= 0.6 is 0 Å². The van der Waals surface area contributed by atoms with Crippen molar-refractivity contribution in [1.29, 1.82) is 0 Å². The highest BCUT2D eigenvalue weighted by molar-refractivity contribution is 5.84. The van der Waals surface area contributed by atoms with Crippen molar-refractivity contribution in [3.05, 3.63) is 0 Å². The van der Waals surface area contributed by atoms with E-state index in [4.69, 9.17) is 9.47 Å². The molecule has 0 aromatic rings. The third-order valence-corrected chi connectivity index (χ3v) is 4.53. The second-order valence-electron chi connectivity index (χ2n) is 5.64. The number of hydrogen-bond donors (Lipinski definition) is 0. The van der Waals surface area contributed by atoms with Crippen LogP contribution in [-0.4, -0.2) is 48.3 Å². The van der Waals surface area contributed by atoms with Crippen LogP contribution in [-0.2, 0) is 14.3 Å². The second-order valence-corrected chi connectivity index (χ2v) is 5.64. The Kier molecular flexibility index (Phi) is 2.99. The first-order valence-electron chi connectivity index (χ1n) is 6.45. The van der Waals surface area contributed by atoms with Crippen LogP contribution in [0, 0.1) is 5.92 Å². The SMILES string of the molecule is CCOC(=O)[C@]1(C)O[C@]12C[C@H](C)N(C)C[C@@H]2C. The third-order valence-electron chi connectivity index (χ3n) is 4.53. The molecule has 0 amide bonds. The quantitative estimate of drug-likeness (QED) is 0.542. The summed E-state index contributed by atoms with van der Waals surface area (Å²) in [5.74, 6) is 0.154. The molecular formula is C13H23NO3. The fourth-order valence-electron chi connectivity index (χ4n) is 3.18. The number of piperidine rings is 1. The van der Waals surface area contributed by atoms with Crippen LogP contribution in [0.1, 0.15) is 34.1 Å². The first kappa shape index (κ1) is 12.8. The minimum absolute atomic E-state index is 0.205. The number of carbonyl (C=O) groups is 1. The minimum Gasteiger partial charge on any atom is -0.464 e. The normalized spacial score (nSPS) is 45.9. The molecule has 0 bridgehead atoms. The maximum atomic E-state index is 12.0. The minimum atomic E-state index is -0.724. The molecule has 0 N–H and O–H groups in total. The standard InChI is InChI=1S/C13H23NO3/c1-6-16-11(15)12(4)13(17-12)7-10(3)14(5)8-9(13)2/h9-10H,6-8H2,1-5H3/t9-,10-,12-,13-/m0/s1. The summed E-state index contributed by atoms with van der Waals surface area (Å²) in [5, 5.41) is 0. The first-order valence-corrected chi connectivity index (χ1v) is 6.45. The number of epoxide rings is 1. The van der Waals surface area contributed by atoms with Gasteiger partial charge in [-0.2, -0.15) is 0 Å². The molecule has 0 aliphatic carbocycles. The zero-order valence-corrected chi connectivity index (χ0v) is 11.4. The summed E-state index contributed by atoms with van der Waals surface area (Å²) in [6.07, 6.45) is 0.903. The van der Waals surface area contributed by atoms with Crippen molar-refractivity contribution >= 4 is 5.97 Å². The second kappa shape index (κ2) is 3.95. The van der Waals surface area contributed by atoms with Crippen LogP contribution in [0.2, 0.25) is 0 Å². The molecular weight excluding hydrogens is 218 g/mol. The lowest BCUT2D eigenvalue weighted by molar-refractivity contribution is -0.149. The van der Waals surface area contributed by atoms with Crippen molar-refractivity contribution in [2.24, 2.45) is 5.92 Å². The van der Waals surface area contributed by atoms with E-state index in [1.54, 1.807) is 0 Å². The molecule has 0 unspecified atom stereocenters. The average molecular weight is 241 g/mol. The monoisotopic (exact) mass is 241 g/mol. The van der Waals surface area contributed by atoms with Crippen molar-refractivity contribution in [2.45, 2.75) is 51.4 Å². The average Bonchev–Trinajstić information content (AvgIpc) is 2.85. The summed E-state index contributed by atoms with van der Waals surface area (Å²) in [6.45, 7) is 9.43. The highest BCUT2D eigenvalue weighted by Gasteiger charge is 2.75. The van der Waals surface area contributed by atoms with Gasteiger partial charge in [0.15, 0.2) is 5.60 Å². The summed E-state index contributed by atoms with van der Waals surface area (Å²) in [7, 11) is 2.12. The van der Waals surface area contributed by atoms with Crippen molar-refractivity contribution < 1.29 is 14.3 Å². The van der Waals surface area contributed by atoms with E-state index >= 15 is 0 Å². The maximum absolute atomic E-state index is 12.0. The van der Waals surface area contributed by atoms with E-state index in [1.807, 2.05) is 13.8 Å². The number of hydrogen-bond acceptors (Lipinski definition) is 4. The largest absolute Gasteiger partial charge is 0.464 e. The molecule has 17 heavy (non-hydrogen) atoms. The Bertz CT molecular complexity index is 333. The Morgan fingerprint density at radius 3 is 2.76 bits per heavy atom. The van der Waals surface area contributed by atoms with E-state index < -0.39 is 5.60 Å². The Morgan fingerprint density at radius 2 is 2.18 bits per heavy atom. The number of ether oxygens (including phenoxy) is 2. The Hall–Kier alpha value is -0.610. The van der Waals surface area contributed by atoms with Crippen LogP contribution in [0.25, 0.3) is 0 Å². The lowest BCUT2D eigenvalue weighted by Gasteiger charge is -2.39. The van der Waals surface area contributed by atoms with E-state index in [1.165, 1.54) is 0 Å². The topological polar surface area (TPSA) is 42.1 Å². The van der Waals surface area contributed by atoms with E-state index in [0.29, 0.717) is 18.6 Å². The lowest BCUT2D eigenvalue weighted by atomic mass is 9.76. The molecule has 2 aliphatic heterocycles. The summed E-state index contributed by atoms with van der Waals surface area (Å²) in [5.41, 5.74) is -1.02. The van der Waals surface area contributed by atoms with Gasteiger partial charge in [0, 0.05) is 18.5 Å². The Balaban J connectivity index is 2.15. The van der Waals surface area contributed by atoms with Crippen LogP contribution in [0.3, 0.4) is 0 Å². The zero-order valence-electron chi connectivity index (χ0n) is 11.4. The molecule has 0 saturated carbocycles. The number of carbonyl (C=O) groups excluding carboxylic acids is 1. The zero-order chi connectivity index (χ0) is 12.8. The summed E-state index contributed by atoms with van der Waals surface area (Å²) >= 11 is 0. The first-order chi connectivity index (χ1) is 7.87. The molecule has 2 saturated heterocycles. The molecule has 0 radical (unpaired) electrons. The van der Waals surface area contributed by atoms with Gasteiger partial charge in [-0.3, -0.25) is 0 Å². The smallest absolute Gasteiger partial charge is 0.341 e. The van der Waals surface area contributed by atoms with Gasteiger partial charge >= 0.3 is 5.97 Å². The molecule has 2 fully saturated rings. The van der Waals surface area contributed by atoms with Gasteiger partial charge < -0.3 is 14.4 Å². The molecule has 4 atom stereocenters. The highest BCUT2D eigenvalue weighted by atomic mass is 16.7. The Morgan fingerprint density at radius 1 is 1.53 bits per heavy atom. The van der Waals surface area contributed by atoms with Gasteiger partial charge in [-0.05, 0) is 34.2 Å². The molecule has 4 heteroatoms. The van der Waals surface area contributed by atoms with Gasteiger partial charge in [0.25, 0.3) is 0 Å². The van der Waals surface area contributed by atoms with E-state index in [2.05, 4.69) is 25.8 Å². The number of nitrogens with zero attached hydrogens (tertiary/aromatic N) is 1. The molecule has 0 aromatic carbocycles. The lowest BCUT2D eigenvalue weighted by Crippen LogP contribution is -2.51. The van der Waals surface area contributed by atoms with Crippen molar-refractivity contribution in [3.63, 3.8) is 0 Å². The van der Waals surface area contributed by atoms with Gasteiger partial charge in [0.05, 0.1) is 6.61 Å². The van der Waals surface area contributed by atoms with E-state index in [9.17, 15) is 4.79 Å². The molecule has 98 valence electrons. The maximum Gasteiger partial charge on any atom is 0.341 e. The third kappa shape index (κ3) is 1.69. The fourth-order valence-corrected chi connectivity index (χ4v) is 3.18. The van der Waals surface area contributed by atoms with E-state index in [-0.39, 0.29) is 11.6 Å². The van der Waals surface area contributed by atoms with Crippen molar-refractivity contribution in [1.82, 2.24) is 4.90 Å². The van der Waals surface area contributed by atoms with Gasteiger partial charge in [-0.15, -0.1) is 0 Å².